The van der Waals surface area contributed by atoms with Gasteiger partial charge in [-0.25, -0.2) is 8.42 Å². The van der Waals surface area contributed by atoms with E-state index in [0.29, 0.717) is 6.54 Å². The molecule has 0 amide bonds. The van der Waals surface area contributed by atoms with E-state index < -0.39 is 9.84 Å². The number of halogens is 1. The highest BCUT2D eigenvalue weighted by Gasteiger charge is 2.13. The SMILES string of the molecule is CN(CCC1CCNCC1)CCS(C)(=O)=O.Cl. The second kappa shape index (κ2) is 8.29. The molecule has 0 bridgehead atoms. The largest absolute Gasteiger partial charge is 0.317 e. The number of rotatable bonds is 6. The first kappa shape index (κ1) is 17.2. The minimum Gasteiger partial charge on any atom is -0.317 e. The monoisotopic (exact) mass is 284 g/mol. The molecule has 4 nitrogen and oxygen atoms in total. The standard InChI is InChI=1S/C11H24N2O2S.ClH/c1-13(9-10-16(2,14)15)8-5-11-3-6-12-7-4-11;/h11-12H,3-10H2,1-2H3;1H. The molecule has 1 saturated heterocycles. The third-order valence-electron chi connectivity index (χ3n) is 3.22. The number of sulfone groups is 1. The first-order valence-electron chi connectivity index (χ1n) is 6.04. The summed E-state index contributed by atoms with van der Waals surface area (Å²) < 4.78 is 22.0. The summed E-state index contributed by atoms with van der Waals surface area (Å²) in [4.78, 5) is 2.13. The fourth-order valence-corrected chi connectivity index (χ4v) is 2.65. The zero-order chi connectivity index (χ0) is 12.0. The molecule has 1 aliphatic rings. The quantitative estimate of drug-likeness (QED) is 0.783. The van der Waals surface area contributed by atoms with Crippen molar-refractivity contribution in [1.82, 2.24) is 10.2 Å². The molecule has 0 aromatic heterocycles. The maximum absolute atomic E-state index is 11.0. The third kappa shape index (κ3) is 8.83. The van der Waals surface area contributed by atoms with Crippen LogP contribution in [-0.4, -0.2) is 58.6 Å². The van der Waals surface area contributed by atoms with E-state index in [-0.39, 0.29) is 18.2 Å². The van der Waals surface area contributed by atoms with Crippen molar-refractivity contribution < 1.29 is 8.42 Å². The zero-order valence-corrected chi connectivity index (χ0v) is 12.4. The molecule has 0 aromatic carbocycles. The minimum absolute atomic E-state index is 0. The lowest BCUT2D eigenvalue weighted by Crippen LogP contribution is -2.31. The van der Waals surface area contributed by atoms with Gasteiger partial charge in [0.1, 0.15) is 9.84 Å². The van der Waals surface area contributed by atoms with Gasteiger partial charge >= 0.3 is 0 Å². The number of nitrogens with zero attached hydrogens (tertiary/aromatic N) is 1. The van der Waals surface area contributed by atoms with Crippen molar-refractivity contribution >= 4 is 22.2 Å². The lowest BCUT2D eigenvalue weighted by molar-refractivity contribution is 0.280. The van der Waals surface area contributed by atoms with E-state index >= 15 is 0 Å². The Balaban J connectivity index is 0.00000256. The fraction of sp³-hybridized carbons (Fsp3) is 1.00. The molecule has 17 heavy (non-hydrogen) atoms. The van der Waals surface area contributed by atoms with Gasteiger partial charge in [0.05, 0.1) is 5.75 Å². The number of nitrogens with one attached hydrogen (secondary N) is 1. The van der Waals surface area contributed by atoms with E-state index in [1.54, 1.807) is 0 Å². The predicted octanol–water partition coefficient (Wildman–Crippen LogP) is 0.774. The highest BCUT2D eigenvalue weighted by molar-refractivity contribution is 7.90. The normalized spacial score (nSPS) is 18.1. The second-order valence-electron chi connectivity index (χ2n) is 4.92. The molecule has 1 heterocycles. The van der Waals surface area contributed by atoms with E-state index in [4.69, 9.17) is 0 Å². The van der Waals surface area contributed by atoms with Gasteiger partial charge in [-0.2, -0.15) is 0 Å². The van der Waals surface area contributed by atoms with Gasteiger partial charge in [-0.1, -0.05) is 0 Å². The summed E-state index contributed by atoms with van der Waals surface area (Å²) in [5, 5.41) is 3.35. The van der Waals surface area contributed by atoms with Gasteiger partial charge in [0.15, 0.2) is 0 Å². The molecular formula is C11H25ClN2O2S. The van der Waals surface area contributed by atoms with Gasteiger partial charge in [-0.15, -0.1) is 12.4 Å². The van der Waals surface area contributed by atoms with Crippen LogP contribution < -0.4 is 5.32 Å². The Kier molecular flexibility index (Phi) is 8.37. The van der Waals surface area contributed by atoms with E-state index in [2.05, 4.69) is 10.2 Å². The molecule has 1 rings (SSSR count). The molecule has 1 fully saturated rings. The summed E-state index contributed by atoms with van der Waals surface area (Å²) in [7, 11) is -0.808. The van der Waals surface area contributed by atoms with Crippen LogP contribution in [0.25, 0.3) is 0 Å². The Bertz CT molecular complexity index is 290. The molecular weight excluding hydrogens is 260 g/mol. The molecule has 0 radical (unpaired) electrons. The summed E-state index contributed by atoms with van der Waals surface area (Å²) in [5.41, 5.74) is 0. The van der Waals surface area contributed by atoms with Crippen molar-refractivity contribution in [2.24, 2.45) is 5.92 Å². The Morgan fingerprint density at radius 2 is 1.82 bits per heavy atom. The van der Waals surface area contributed by atoms with Gasteiger partial charge in [-0.3, -0.25) is 0 Å². The van der Waals surface area contributed by atoms with Gasteiger partial charge in [-0.05, 0) is 51.9 Å². The predicted molar refractivity (Wildman–Crippen MR) is 74.7 cm³/mol. The van der Waals surface area contributed by atoms with Gasteiger partial charge < -0.3 is 10.2 Å². The van der Waals surface area contributed by atoms with Gasteiger partial charge in [0, 0.05) is 12.8 Å². The van der Waals surface area contributed by atoms with Crippen LogP contribution in [-0.2, 0) is 9.84 Å². The number of piperidine rings is 1. The van der Waals surface area contributed by atoms with Crippen LogP contribution in [0.4, 0.5) is 0 Å². The summed E-state index contributed by atoms with van der Waals surface area (Å²) in [6, 6.07) is 0. The van der Waals surface area contributed by atoms with Crippen LogP contribution in [0.3, 0.4) is 0 Å². The molecule has 0 unspecified atom stereocenters. The highest BCUT2D eigenvalue weighted by atomic mass is 35.5. The smallest absolute Gasteiger partial charge is 0.148 e. The Morgan fingerprint density at radius 1 is 1.24 bits per heavy atom. The second-order valence-corrected chi connectivity index (χ2v) is 7.17. The van der Waals surface area contributed by atoms with Crippen LogP contribution in [0, 0.1) is 5.92 Å². The summed E-state index contributed by atoms with van der Waals surface area (Å²) in [5.74, 6) is 1.09. The van der Waals surface area contributed by atoms with Crippen LogP contribution in [0.5, 0.6) is 0 Å². The molecule has 0 spiro atoms. The van der Waals surface area contributed by atoms with Crippen LogP contribution >= 0.6 is 12.4 Å². The van der Waals surface area contributed by atoms with E-state index in [9.17, 15) is 8.42 Å². The van der Waals surface area contributed by atoms with Crippen molar-refractivity contribution in [1.29, 1.82) is 0 Å². The molecule has 0 atom stereocenters. The van der Waals surface area contributed by atoms with Crippen molar-refractivity contribution in [3.05, 3.63) is 0 Å². The minimum atomic E-state index is -2.81. The number of hydrogen-bond donors (Lipinski definition) is 1. The first-order valence-corrected chi connectivity index (χ1v) is 8.10. The number of hydrogen-bond acceptors (Lipinski definition) is 4. The van der Waals surface area contributed by atoms with Crippen LogP contribution in [0.1, 0.15) is 19.3 Å². The van der Waals surface area contributed by atoms with Crippen LogP contribution in [0.2, 0.25) is 0 Å². The summed E-state index contributed by atoms with van der Waals surface area (Å²) in [6.45, 7) is 3.94. The maximum atomic E-state index is 11.0. The van der Waals surface area contributed by atoms with Crippen molar-refractivity contribution in [2.45, 2.75) is 19.3 Å². The molecule has 0 aromatic rings. The van der Waals surface area contributed by atoms with Gasteiger partial charge in [0.25, 0.3) is 0 Å². The highest BCUT2D eigenvalue weighted by Crippen LogP contribution is 2.15. The third-order valence-corrected chi connectivity index (χ3v) is 4.15. The van der Waals surface area contributed by atoms with Crippen molar-refractivity contribution in [3.8, 4) is 0 Å². The van der Waals surface area contributed by atoms with Crippen molar-refractivity contribution in [2.75, 3.05) is 45.2 Å². The lowest BCUT2D eigenvalue weighted by Gasteiger charge is -2.25. The Hall–Kier alpha value is 0.160. The Labute approximate surface area is 111 Å². The lowest BCUT2D eigenvalue weighted by atomic mass is 9.94. The van der Waals surface area contributed by atoms with E-state index in [0.717, 1.165) is 25.6 Å². The van der Waals surface area contributed by atoms with Crippen LogP contribution in [0.15, 0.2) is 0 Å². The topological polar surface area (TPSA) is 49.4 Å². The molecule has 6 heteroatoms. The van der Waals surface area contributed by atoms with Gasteiger partial charge in [0.2, 0.25) is 0 Å². The molecule has 104 valence electrons. The van der Waals surface area contributed by atoms with E-state index in [1.807, 2.05) is 7.05 Å². The molecule has 1 aliphatic heterocycles. The maximum Gasteiger partial charge on any atom is 0.148 e. The zero-order valence-electron chi connectivity index (χ0n) is 10.8. The Morgan fingerprint density at radius 3 is 2.35 bits per heavy atom. The van der Waals surface area contributed by atoms with Crippen molar-refractivity contribution in [3.63, 3.8) is 0 Å². The fourth-order valence-electron chi connectivity index (χ4n) is 2.01. The summed E-state index contributed by atoms with van der Waals surface area (Å²) >= 11 is 0. The van der Waals surface area contributed by atoms with E-state index in [1.165, 1.54) is 25.5 Å². The average molecular weight is 285 g/mol. The molecule has 1 N–H and O–H groups in total. The first-order chi connectivity index (χ1) is 7.47. The average Bonchev–Trinajstić information content (AvgIpc) is 2.24. The molecule has 0 aliphatic carbocycles. The molecule has 0 saturated carbocycles. The summed E-state index contributed by atoms with van der Waals surface area (Å²) in [6.07, 6.45) is 5.02.